The van der Waals surface area contributed by atoms with Crippen molar-refractivity contribution in [1.29, 1.82) is 0 Å². The van der Waals surface area contributed by atoms with Gasteiger partial charge in [-0.25, -0.2) is 0 Å². The quantitative estimate of drug-likeness (QED) is 0.161. The lowest BCUT2D eigenvalue weighted by atomic mass is 9.90. The predicted molar refractivity (Wildman–Crippen MR) is 278 cm³/mol. The fraction of sp³-hybridized carbons (Fsp3) is 0. The topological polar surface area (TPSA) is 26.3 Å². The summed E-state index contributed by atoms with van der Waals surface area (Å²) in [5.41, 5.74) is 15.1. The number of hydrogen-bond acceptors (Lipinski definition) is 2. The summed E-state index contributed by atoms with van der Waals surface area (Å²) in [6.07, 6.45) is 0. The van der Waals surface area contributed by atoms with Crippen molar-refractivity contribution < 1.29 is 8.83 Å². The third-order valence-electron chi connectivity index (χ3n) is 13.8. The van der Waals surface area contributed by atoms with E-state index in [1.54, 1.807) is 0 Å². The monoisotopic (exact) mass is 838 g/mol. The van der Waals surface area contributed by atoms with Gasteiger partial charge in [-0.05, 0) is 165 Å². The van der Waals surface area contributed by atoms with Crippen LogP contribution in [-0.2, 0) is 0 Å². The molecule has 0 aliphatic heterocycles. The zero-order valence-corrected chi connectivity index (χ0v) is 35.8. The summed E-state index contributed by atoms with van der Waals surface area (Å²) in [6.45, 7) is 0. The van der Waals surface area contributed by atoms with Crippen molar-refractivity contribution in [1.82, 2.24) is 0 Å². The Bertz CT molecular complexity index is 4250. The van der Waals surface area contributed by atoms with Crippen molar-refractivity contribution in [2.45, 2.75) is 0 Å². The molecule has 2 heteroatoms. The molecule has 66 heavy (non-hydrogen) atoms. The number of hydrogen-bond donors (Lipinski definition) is 0. The summed E-state index contributed by atoms with van der Waals surface area (Å²) in [7, 11) is 0. The Balaban J connectivity index is 0.886. The molecule has 0 bridgehead atoms. The average molecular weight is 839 g/mol. The summed E-state index contributed by atoms with van der Waals surface area (Å²) in [5.74, 6) is 0. The van der Waals surface area contributed by atoms with Crippen LogP contribution in [-0.4, -0.2) is 0 Å². The van der Waals surface area contributed by atoms with Crippen molar-refractivity contribution >= 4 is 87.0 Å². The molecule has 306 valence electrons. The first-order valence-electron chi connectivity index (χ1n) is 22.6. The maximum Gasteiger partial charge on any atom is 0.136 e. The maximum atomic E-state index is 6.73. The van der Waals surface area contributed by atoms with Gasteiger partial charge in [0.05, 0.1) is 0 Å². The van der Waals surface area contributed by atoms with Crippen LogP contribution >= 0.6 is 0 Å². The van der Waals surface area contributed by atoms with Crippen LogP contribution in [0.2, 0.25) is 0 Å². The summed E-state index contributed by atoms with van der Waals surface area (Å²) >= 11 is 0. The molecule has 0 aliphatic rings. The number of benzene rings is 12. The second-order valence-corrected chi connectivity index (χ2v) is 17.6. The molecule has 2 nitrogen and oxygen atoms in total. The van der Waals surface area contributed by atoms with Gasteiger partial charge in [-0.15, -0.1) is 0 Å². The van der Waals surface area contributed by atoms with E-state index in [1.165, 1.54) is 70.9 Å². The lowest BCUT2D eigenvalue weighted by Gasteiger charge is -2.14. The molecule has 14 aromatic rings. The minimum Gasteiger partial charge on any atom is -0.456 e. The molecule has 0 atom stereocenters. The molecule has 2 aromatic heterocycles. The molecule has 2 heterocycles. The molecule has 12 aromatic carbocycles. The van der Waals surface area contributed by atoms with Crippen LogP contribution in [0.1, 0.15) is 0 Å². The predicted octanol–water partition coefficient (Wildman–Crippen LogP) is 18.4. The van der Waals surface area contributed by atoms with Gasteiger partial charge in [0.2, 0.25) is 0 Å². The van der Waals surface area contributed by atoms with Crippen LogP contribution < -0.4 is 0 Å². The fourth-order valence-corrected chi connectivity index (χ4v) is 10.7. The van der Waals surface area contributed by atoms with E-state index in [1.807, 2.05) is 0 Å². The summed E-state index contributed by atoms with van der Waals surface area (Å²) in [5, 5.41) is 14.6. The zero-order valence-electron chi connectivity index (χ0n) is 35.8. The Morgan fingerprint density at radius 2 is 0.682 bits per heavy atom. The first-order valence-corrected chi connectivity index (χ1v) is 22.6. The van der Waals surface area contributed by atoms with Crippen molar-refractivity contribution in [2.24, 2.45) is 0 Å². The third-order valence-corrected chi connectivity index (χ3v) is 13.8. The maximum absolute atomic E-state index is 6.73. The number of furan rings is 2. The molecule has 14 rings (SSSR count). The second kappa shape index (κ2) is 14.4. The molecule has 0 spiro atoms. The van der Waals surface area contributed by atoms with E-state index < -0.39 is 0 Å². The van der Waals surface area contributed by atoms with Gasteiger partial charge in [0.15, 0.2) is 0 Å². The lowest BCUT2D eigenvalue weighted by molar-refractivity contribution is 0.669. The standard InChI is InChI=1S/C64H38O2/c1-2-12-39(13-3-1)46-33-47(42-16-10-15-41(32-42)43-24-28-55-53-20-7-6-18-51(53)52-19-8-9-21-54(52)57(55)36-43)35-48(34-46)44-25-29-56-62(38-44)66-60-23-11-22-50(63(56)60)45-27-30-59-58(37-45)64-49-17-5-4-14-40(49)26-31-61(64)65-59/h1-38H. The van der Waals surface area contributed by atoms with Crippen LogP contribution in [0.15, 0.2) is 239 Å². The fourth-order valence-electron chi connectivity index (χ4n) is 10.7. The van der Waals surface area contributed by atoms with Crippen molar-refractivity contribution in [3.05, 3.63) is 231 Å². The minimum atomic E-state index is 0.862. The molecular weight excluding hydrogens is 801 g/mol. The van der Waals surface area contributed by atoms with E-state index in [2.05, 4.69) is 231 Å². The second-order valence-electron chi connectivity index (χ2n) is 17.6. The van der Waals surface area contributed by atoms with E-state index in [0.717, 1.165) is 71.7 Å². The van der Waals surface area contributed by atoms with Gasteiger partial charge in [0.1, 0.15) is 22.3 Å². The zero-order chi connectivity index (χ0) is 43.3. The van der Waals surface area contributed by atoms with E-state index in [9.17, 15) is 0 Å². The van der Waals surface area contributed by atoms with Gasteiger partial charge in [0.25, 0.3) is 0 Å². The highest BCUT2D eigenvalue weighted by atomic mass is 16.3. The minimum absolute atomic E-state index is 0.862. The van der Waals surface area contributed by atoms with Gasteiger partial charge in [-0.1, -0.05) is 164 Å². The largest absolute Gasteiger partial charge is 0.456 e. The summed E-state index contributed by atoms with van der Waals surface area (Å²) in [4.78, 5) is 0. The average Bonchev–Trinajstić information content (AvgIpc) is 3.97. The van der Waals surface area contributed by atoms with Gasteiger partial charge in [-0.3, -0.25) is 0 Å². The molecule has 0 unspecified atom stereocenters. The summed E-state index contributed by atoms with van der Waals surface area (Å²) < 4.78 is 13.1. The van der Waals surface area contributed by atoms with Crippen LogP contribution in [0, 0.1) is 0 Å². The Morgan fingerprint density at radius 3 is 1.44 bits per heavy atom. The van der Waals surface area contributed by atoms with Gasteiger partial charge in [-0.2, -0.15) is 0 Å². The first kappa shape index (κ1) is 36.7. The molecule has 0 N–H and O–H groups in total. The number of rotatable bonds is 5. The Labute approximate surface area is 380 Å². The highest BCUT2D eigenvalue weighted by Gasteiger charge is 2.18. The molecule has 0 aliphatic carbocycles. The summed E-state index contributed by atoms with van der Waals surface area (Å²) in [6, 6.07) is 83.6. The van der Waals surface area contributed by atoms with Crippen molar-refractivity contribution in [3.8, 4) is 55.6 Å². The smallest absolute Gasteiger partial charge is 0.136 e. The normalized spacial score (nSPS) is 11.9. The van der Waals surface area contributed by atoms with Crippen LogP contribution in [0.4, 0.5) is 0 Å². The molecule has 0 fully saturated rings. The van der Waals surface area contributed by atoms with E-state index in [-0.39, 0.29) is 0 Å². The van der Waals surface area contributed by atoms with E-state index >= 15 is 0 Å². The first-order chi connectivity index (χ1) is 32.7. The highest BCUT2D eigenvalue weighted by Crippen LogP contribution is 2.43. The van der Waals surface area contributed by atoms with Crippen LogP contribution in [0.5, 0.6) is 0 Å². The van der Waals surface area contributed by atoms with Gasteiger partial charge < -0.3 is 8.83 Å². The van der Waals surface area contributed by atoms with E-state index in [4.69, 9.17) is 8.83 Å². The van der Waals surface area contributed by atoms with Crippen LogP contribution in [0.3, 0.4) is 0 Å². The molecular formula is C64H38O2. The molecule has 0 amide bonds. The Kier molecular flexibility index (Phi) is 8.02. The van der Waals surface area contributed by atoms with Crippen molar-refractivity contribution in [2.75, 3.05) is 0 Å². The lowest BCUT2D eigenvalue weighted by Crippen LogP contribution is -1.88. The Morgan fingerprint density at radius 1 is 0.197 bits per heavy atom. The third kappa shape index (κ3) is 5.75. The molecule has 0 radical (unpaired) electrons. The SMILES string of the molecule is c1ccc(-c2cc(-c3cccc(-c4ccc5c6ccccc6c6ccccc6c5c4)c3)cc(-c3ccc4c(c3)oc3cccc(-c5ccc6oc7ccc8ccccc8c7c6c5)c34)c2)cc1. The highest BCUT2D eigenvalue weighted by molar-refractivity contribution is 6.26. The molecule has 0 saturated carbocycles. The van der Waals surface area contributed by atoms with E-state index in [0.29, 0.717) is 0 Å². The molecule has 0 saturated heterocycles. The van der Waals surface area contributed by atoms with Crippen LogP contribution in [0.25, 0.3) is 143 Å². The number of fused-ring (bicyclic) bond motifs is 14. The van der Waals surface area contributed by atoms with Gasteiger partial charge in [0, 0.05) is 21.5 Å². The Hall–Kier alpha value is -8.72. The van der Waals surface area contributed by atoms with Crippen molar-refractivity contribution in [3.63, 3.8) is 0 Å². The van der Waals surface area contributed by atoms with Gasteiger partial charge >= 0.3 is 0 Å².